The van der Waals surface area contributed by atoms with Crippen LogP contribution in [0.25, 0.3) is 76.5 Å². The highest BCUT2D eigenvalue weighted by Gasteiger charge is 2.51. The van der Waals surface area contributed by atoms with Gasteiger partial charge in [-0.05, 0) is 159 Å². The van der Waals surface area contributed by atoms with Crippen molar-refractivity contribution in [3.05, 3.63) is 210 Å². The van der Waals surface area contributed by atoms with Gasteiger partial charge in [0.2, 0.25) is 0 Å². The molecule has 0 unspecified atom stereocenters. The Bertz CT molecular complexity index is 3270. The molecule has 0 N–H and O–H groups in total. The maximum atomic E-state index is 11.7. The van der Waals surface area contributed by atoms with Gasteiger partial charge in [-0.1, -0.05) is 125 Å². The van der Waals surface area contributed by atoms with E-state index in [9.17, 15) is 9.59 Å². The van der Waals surface area contributed by atoms with Crippen molar-refractivity contribution in [1.29, 1.82) is 0 Å². The van der Waals surface area contributed by atoms with E-state index in [4.69, 9.17) is 9.31 Å². The van der Waals surface area contributed by atoms with Gasteiger partial charge in [-0.2, -0.15) is 0 Å². The zero-order valence-corrected chi connectivity index (χ0v) is 38.7. The molecule has 322 valence electrons. The van der Waals surface area contributed by atoms with Crippen molar-refractivity contribution in [2.24, 2.45) is 0 Å². The molecule has 1 saturated heterocycles. The molecule has 0 bridgehead atoms. The Kier molecular flexibility index (Phi) is 12.6. The Balaban J connectivity index is 0.000000130. The van der Waals surface area contributed by atoms with Crippen molar-refractivity contribution in [3.63, 3.8) is 0 Å². The number of hydrogen-bond acceptors (Lipinski definition) is 6. The Hall–Kier alpha value is -7.10. The minimum atomic E-state index is -0.302. The molecule has 1 aliphatic heterocycles. The lowest BCUT2D eigenvalue weighted by molar-refractivity contribution is 0.00578. The van der Waals surface area contributed by atoms with E-state index in [1.54, 1.807) is 18.6 Å². The van der Waals surface area contributed by atoms with E-state index < -0.39 is 0 Å². The van der Waals surface area contributed by atoms with Crippen LogP contribution in [0.1, 0.15) is 48.4 Å². The summed E-state index contributed by atoms with van der Waals surface area (Å²) >= 11 is 3.52. The number of hydrogen-bond donors (Lipinski definition) is 0. The van der Waals surface area contributed by atoms with Crippen LogP contribution in [0.5, 0.6) is 0 Å². The van der Waals surface area contributed by atoms with Crippen LogP contribution in [0.2, 0.25) is 0 Å². The summed E-state index contributed by atoms with van der Waals surface area (Å²) in [5.41, 5.74) is 8.13. The van der Waals surface area contributed by atoms with Gasteiger partial charge in [0.25, 0.3) is 0 Å². The maximum Gasteiger partial charge on any atom is 0.496 e. The van der Waals surface area contributed by atoms with Gasteiger partial charge in [-0.25, -0.2) is 0 Å². The molecule has 0 spiro atoms. The molecule has 0 atom stereocenters. The van der Waals surface area contributed by atoms with Gasteiger partial charge in [0.15, 0.2) is 0 Å². The topological polar surface area (TPSA) is 78.4 Å². The van der Waals surface area contributed by atoms with E-state index in [0.29, 0.717) is 11.1 Å². The Morgan fingerprint density at radius 1 is 0.455 bits per heavy atom. The van der Waals surface area contributed by atoms with Crippen LogP contribution in [0.4, 0.5) is 0 Å². The van der Waals surface area contributed by atoms with Gasteiger partial charge in [0.05, 0.1) is 11.2 Å². The normalized spacial score (nSPS) is 13.7. The lowest BCUT2D eigenvalue weighted by Gasteiger charge is -2.32. The number of nitrogens with zero attached hydrogens (tertiary/aromatic N) is 2. The first-order valence-corrected chi connectivity index (χ1v) is 22.6. The Morgan fingerprint density at radius 2 is 0.879 bits per heavy atom. The molecule has 2 aromatic heterocycles. The monoisotopic (exact) mass is 924 g/mol. The summed E-state index contributed by atoms with van der Waals surface area (Å²) in [4.78, 5) is 31.2. The van der Waals surface area contributed by atoms with E-state index in [2.05, 4.69) is 147 Å². The highest BCUT2D eigenvalue weighted by atomic mass is 79.9. The molecule has 1 aliphatic rings. The van der Waals surface area contributed by atoms with Crippen molar-refractivity contribution in [2.45, 2.75) is 38.9 Å². The molecule has 0 saturated carbocycles. The third kappa shape index (κ3) is 9.09. The summed E-state index contributed by atoms with van der Waals surface area (Å²) in [6.45, 7) is 8.18. The number of carbonyl (C=O) groups is 2. The molecular formula is C58H46BBrN2O4. The number of pyridine rings is 2. The number of rotatable bonds is 6. The Labute approximate surface area is 393 Å². The van der Waals surface area contributed by atoms with Crippen LogP contribution in [0, 0.1) is 0 Å². The van der Waals surface area contributed by atoms with E-state index >= 15 is 0 Å². The number of carbonyl (C=O) groups excluding carboxylic acids is 2. The summed E-state index contributed by atoms with van der Waals surface area (Å²) in [5, 5.41) is 9.54. The summed E-state index contributed by atoms with van der Waals surface area (Å²) in [6, 6.07) is 57.7. The van der Waals surface area contributed by atoms with Crippen LogP contribution in [0.3, 0.4) is 0 Å². The van der Waals surface area contributed by atoms with E-state index in [-0.39, 0.29) is 18.3 Å². The SMILES string of the molecule is CC1(C)OB(c2cccnc2)OC1(C)C.O=Cc1cc(-c2cccnc2)cc(-c2c3ccccc3cc3ccccc23)c1.O=Cc1cc(Br)cc(-c2c3ccccc3cc3ccccc23)c1. The van der Waals surface area contributed by atoms with Gasteiger partial charge in [-0.3, -0.25) is 19.6 Å². The summed E-state index contributed by atoms with van der Waals surface area (Å²) in [7, 11) is -0.302. The average Bonchev–Trinajstić information content (AvgIpc) is 3.58. The van der Waals surface area contributed by atoms with Gasteiger partial charge in [0.1, 0.15) is 12.6 Å². The quantitative estimate of drug-likeness (QED) is 0.0939. The van der Waals surface area contributed by atoms with E-state index in [0.717, 1.165) is 50.3 Å². The van der Waals surface area contributed by atoms with E-state index in [1.807, 2.05) is 82.4 Å². The number of aldehydes is 2. The molecule has 11 rings (SSSR count). The van der Waals surface area contributed by atoms with Crippen LogP contribution < -0.4 is 5.46 Å². The van der Waals surface area contributed by atoms with Crippen molar-refractivity contribution in [1.82, 2.24) is 9.97 Å². The minimum Gasteiger partial charge on any atom is -0.399 e. The number of halogens is 1. The molecule has 0 amide bonds. The molecule has 3 heterocycles. The van der Waals surface area contributed by atoms with Crippen LogP contribution in [-0.2, 0) is 9.31 Å². The lowest BCUT2D eigenvalue weighted by atomic mass is 9.80. The molecular weight excluding hydrogens is 879 g/mol. The average molecular weight is 926 g/mol. The molecule has 8 heteroatoms. The predicted molar refractivity (Wildman–Crippen MR) is 275 cm³/mol. The Morgan fingerprint density at radius 3 is 1.32 bits per heavy atom. The zero-order chi connectivity index (χ0) is 45.8. The zero-order valence-electron chi connectivity index (χ0n) is 37.1. The first-order valence-electron chi connectivity index (χ1n) is 21.9. The summed E-state index contributed by atoms with van der Waals surface area (Å²) < 4.78 is 12.7. The van der Waals surface area contributed by atoms with Crippen LogP contribution >= 0.6 is 15.9 Å². The maximum absolute atomic E-state index is 11.7. The number of benzene rings is 8. The smallest absolute Gasteiger partial charge is 0.399 e. The summed E-state index contributed by atoms with van der Waals surface area (Å²) in [6.07, 6.45) is 8.91. The molecule has 8 aromatic carbocycles. The van der Waals surface area contributed by atoms with E-state index in [1.165, 1.54) is 48.7 Å². The first kappa shape index (κ1) is 44.1. The third-order valence-corrected chi connectivity index (χ3v) is 12.9. The third-order valence-electron chi connectivity index (χ3n) is 12.5. The lowest BCUT2D eigenvalue weighted by Crippen LogP contribution is -2.41. The van der Waals surface area contributed by atoms with Crippen molar-refractivity contribution < 1.29 is 18.9 Å². The highest BCUT2D eigenvalue weighted by molar-refractivity contribution is 9.10. The van der Waals surface area contributed by atoms with Gasteiger partial charge >= 0.3 is 7.12 Å². The first-order chi connectivity index (χ1) is 32.0. The van der Waals surface area contributed by atoms with Gasteiger partial charge < -0.3 is 9.31 Å². The second-order valence-electron chi connectivity index (χ2n) is 17.4. The fraction of sp³-hybridized carbons (Fsp3) is 0.103. The second kappa shape index (κ2) is 18.8. The van der Waals surface area contributed by atoms with Gasteiger partial charge in [0, 0.05) is 51.4 Å². The predicted octanol–water partition coefficient (Wildman–Crippen LogP) is 14.2. The highest BCUT2D eigenvalue weighted by Crippen LogP contribution is 2.40. The van der Waals surface area contributed by atoms with Crippen molar-refractivity contribution in [3.8, 4) is 33.4 Å². The standard InChI is InChI=1S/C26H17NO.C21H13BrO.C11H16BNO2/c28-17-18-12-22(21-8-5-11-27-16-21)15-23(13-18)26-24-9-3-1-6-19(24)14-20-7-2-4-10-25(20)26;22-18-10-14(13-23)9-17(12-18)21-19-7-3-1-5-15(19)11-16-6-2-4-8-20(16)21;1-10(2)11(3,4)15-12(14-10)9-6-5-7-13-8-9/h1-17H;1-13H;5-8H,1-4H3. The molecule has 0 radical (unpaired) electrons. The molecule has 6 nitrogen and oxygen atoms in total. The fourth-order valence-electron chi connectivity index (χ4n) is 8.53. The molecule has 0 aliphatic carbocycles. The molecule has 1 fully saturated rings. The summed E-state index contributed by atoms with van der Waals surface area (Å²) in [5.74, 6) is 0. The number of fused-ring (bicyclic) bond motifs is 4. The van der Waals surface area contributed by atoms with Crippen LogP contribution in [-0.4, -0.2) is 40.9 Å². The molecule has 66 heavy (non-hydrogen) atoms. The fourth-order valence-corrected chi connectivity index (χ4v) is 9.04. The number of aromatic nitrogens is 2. The molecule has 10 aromatic rings. The van der Waals surface area contributed by atoms with Crippen molar-refractivity contribution in [2.75, 3.05) is 0 Å². The second-order valence-corrected chi connectivity index (χ2v) is 18.3. The van der Waals surface area contributed by atoms with Gasteiger partial charge in [-0.15, -0.1) is 0 Å². The largest absolute Gasteiger partial charge is 0.496 e. The minimum absolute atomic E-state index is 0.284. The van der Waals surface area contributed by atoms with Crippen LogP contribution in [0.15, 0.2) is 199 Å². The van der Waals surface area contributed by atoms with Crippen molar-refractivity contribution >= 4 is 84.2 Å².